The molecule has 0 atom stereocenters. The van der Waals surface area contributed by atoms with E-state index in [2.05, 4.69) is 47.7 Å². The molecule has 126 valence electrons. The van der Waals surface area contributed by atoms with E-state index in [0.29, 0.717) is 10.6 Å². The lowest BCUT2D eigenvalue weighted by atomic mass is 10.2. The molecule has 1 amide bonds. The molecule has 0 spiro atoms. The normalized spacial score (nSPS) is 10.8. The van der Waals surface area contributed by atoms with Gasteiger partial charge in [-0.15, -0.1) is 0 Å². The van der Waals surface area contributed by atoms with E-state index in [4.69, 9.17) is 11.6 Å². The molecule has 0 saturated carbocycles. The third-order valence-electron chi connectivity index (χ3n) is 2.99. The van der Waals surface area contributed by atoms with E-state index in [1.54, 1.807) is 12.1 Å². The van der Waals surface area contributed by atoms with Crippen LogP contribution in [0.25, 0.3) is 0 Å². The quantitative estimate of drug-likeness (QED) is 0.442. The first-order valence-electron chi connectivity index (χ1n) is 6.86. The Hall–Kier alpha value is -1.57. The van der Waals surface area contributed by atoms with Gasteiger partial charge in [-0.2, -0.15) is 5.10 Å². The molecule has 24 heavy (non-hydrogen) atoms. The third-order valence-corrected chi connectivity index (χ3v) is 4.48. The lowest BCUT2D eigenvalue weighted by molar-refractivity contribution is -0.119. The Morgan fingerprint density at radius 3 is 2.62 bits per heavy atom. The summed E-state index contributed by atoms with van der Waals surface area (Å²) < 4.78 is 1.71. The first-order valence-corrected chi connectivity index (χ1v) is 8.83. The SMILES string of the molecule is Cc1cc(Br)c(NCC(=O)N/N=C/c2cc(Cl)ccc2O)c(Br)c1. The minimum atomic E-state index is -0.327. The fourth-order valence-corrected chi connectivity index (χ4v) is 3.76. The number of anilines is 1. The van der Waals surface area contributed by atoms with Gasteiger partial charge >= 0.3 is 0 Å². The zero-order valence-electron chi connectivity index (χ0n) is 12.6. The summed E-state index contributed by atoms with van der Waals surface area (Å²) in [6.45, 7) is 2.02. The van der Waals surface area contributed by atoms with Gasteiger partial charge in [0.25, 0.3) is 5.91 Å². The van der Waals surface area contributed by atoms with E-state index in [9.17, 15) is 9.90 Å². The minimum Gasteiger partial charge on any atom is -0.507 e. The second-order valence-corrected chi connectivity index (χ2v) is 7.10. The molecule has 5 nitrogen and oxygen atoms in total. The van der Waals surface area contributed by atoms with Gasteiger partial charge in [0.1, 0.15) is 5.75 Å². The van der Waals surface area contributed by atoms with Crippen molar-refractivity contribution >= 4 is 61.3 Å². The van der Waals surface area contributed by atoms with Gasteiger partial charge in [0, 0.05) is 19.5 Å². The Balaban J connectivity index is 1.92. The molecule has 0 bridgehead atoms. The summed E-state index contributed by atoms with van der Waals surface area (Å²) >= 11 is 12.7. The monoisotopic (exact) mass is 473 g/mol. The van der Waals surface area contributed by atoms with Crippen molar-refractivity contribution in [2.24, 2.45) is 5.10 Å². The van der Waals surface area contributed by atoms with Crippen molar-refractivity contribution in [1.82, 2.24) is 5.43 Å². The highest BCUT2D eigenvalue weighted by molar-refractivity contribution is 9.11. The number of rotatable bonds is 5. The van der Waals surface area contributed by atoms with Crippen LogP contribution in [0.1, 0.15) is 11.1 Å². The summed E-state index contributed by atoms with van der Waals surface area (Å²) in [4.78, 5) is 11.8. The lowest BCUT2D eigenvalue weighted by Crippen LogP contribution is -2.26. The molecule has 0 fully saturated rings. The van der Waals surface area contributed by atoms with Gasteiger partial charge < -0.3 is 10.4 Å². The Morgan fingerprint density at radius 1 is 1.29 bits per heavy atom. The number of carbonyl (C=O) groups is 1. The predicted molar refractivity (Wildman–Crippen MR) is 104 cm³/mol. The van der Waals surface area contributed by atoms with Crippen molar-refractivity contribution in [1.29, 1.82) is 0 Å². The maximum Gasteiger partial charge on any atom is 0.259 e. The van der Waals surface area contributed by atoms with Gasteiger partial charge in [-0.05, 0) is 74.7 Å². The van der Waals surface area contributed by atoms with Gasteiger partial charge in [-0.3, -0.25) is 4.79 Å². The first-order chi connectivity index (χ1) is 11.4. The largest absolute Gasteiger partial charge is 0.507 e. The zero-order chi connectivity index (χ0) is 17.7. The summed E-state index contributed by atoms with van der Waals surface area (Å²) in [5.74, 6) is -0.296. The van der Waals surface area contributed by atoms with E-state index in [0.717, 1.165) is 20.2 Å². The predicted octanol–water partition coefficient (Wildman–Crippen LogP) is 4.44. The number of benzene rings is 2. The molecule has 0 unspecified atom stereocenters. The van der Waals surface area contributed by atoms with E-state index in [1.807, 2.05) is 19.1 Å². The maximum absolute atomic E-state index is 11.8. The molecule has 0 radical (unpaired) electrons. The van der Waals surface area contributed by atoms with Gasteiger partial charge in [0.2, 0.25) is 0 Å². The van der Waals surface area contributed by atoms with E-state index >= 15 is 0 Å². The maximum atomic E-state index is 11.8. The van der Waals surface area contributed by atoms with Crippen molar-refractivity contribution < 1.29 is 9.90 Å². The summed E-state index contributed by atoms with van der Waals surface area (Å²) in [5, 5.41) is 17.0. The highest BCUT2D eigenvalue weighted by atomic mass is 79.9. The number of nitrogens with zero attached hydrogens (tertiary/aromatic N) is 1. The molecule has 0 heterocycles. The van der Waals surface area contributed by atoms with Crippen molar-refractivity contribution in [3.05, 3.63) is 55.4 Å². The second kappa shape index (κ2) is 8.50. The Bertz CT molecular complexity index is 774. The van der Waals surface area contributed by atoms with Crippen LogP contribution in [-0.4, -0.2) is 23.8 Å². The van der Waals surface area contributed by atoms with Gasteiger partial charge in [-0.1, -0.05) is 11.6 Å². The molecule has 8 heteroatoms. The molecular formula is C16H14Br2ClN3O2. The summed E-state index contributed by atoms with van der Waals surface area (Å²) in [5.41, 5.74) is 4.67. The van der Waals surface area contributed by atoms with Crippen molar-refractivity contribution in [3.63, 3.8) is 0 Å². The highest BCUT2D eigenvalue weighted by Gasteiger charge is 2.08. The number of phenolic OH excluding ortho intramolecular Hbond substituents is 1. The molecule has 0 aromatic heterocycles. The standard InChI is InChI=1S/C16H14Br2ClN3O2/c1-9-4-12(17)16(13(18)5-9)20-8-15(24)22-21-7-10-6-11(19)2-3-14(10)23/h2-7,20,23H,8H2,1H3,(H,22,24)/b21-7+. The Morgan fingerprint density at radius 2 is 1.96 bits per heavy atom. The third kappa shape index (κ3) is 5.22. The summed E-state index contributed by atoms with van der Waals surface area (Å²) in [7, 11) is 0. The molecular weight excluding hydrogens is 461 g/mol. The zero-order valence-corrected chi connectivity index (χ0v) is 16.5. The van der Waals surface area contributed by atoms with E-state index in [1.165, 1.54) is 12.3 Å². The number of nitrogens with one attached hydrogen (secondary N) is 2. The topological polar surface area (TPSA) is 73.7 Å². The van der Waals surface area contributed by atoms with Crippen LogP contribution in [-0.2, 0) is 4.79 Å². The van der Waals surface area contributed by atoms with Gasteiger partial charge in [0.15, 0.2) is 0 Å². The summed E-state index contributed by atoms with van der Waals surface area (Å²) in [6, 6.07) is 8.47. The van der Waals surface area contributed by atoms with Crippen LogP contribution in [0.2, 0.25) is 5.02 Å². The van der Waals surface area contributed by atoms with E-state index < -0.39 is 0 Å². The Labute approximate surface area is 161 Å². The van der Waals surface area contributed by atoms with Crippen molar-refractivity contribution in [2.45, 2.75) is 6.92 Å². The lowest BCUT2D eigenvalue weighted by Gasteiger charge is -2.11. The molecule has 0 saturated heterocycles. The van der Waals surface area contributed by atoms with Crippen LogP contribution in [0, 0.1) is 6.92 Å². The Kier molecular flexibility index (Phi) is 6.65. The second-order valence-electron chi connectivity index (χ2n) is 4.95. The fraction of sp³-hybridized carbons (Fsp3) is 0.125. The molecule has 0 aliphatic carbocycles. The van der Waals surface area contributed by atoms with Crippen LogP contribution in [0.5, 0.6) is 5.75 Å². The molecule has 2 rings (SSSR count). The highest BCUT2D eigenvalue weighted by Crippen LogP contribution is 2.32. The summed E-state index contributed by atoms with van der Waals surface area (Å²) in [6.07, 6.45) is 1.33. The first kappa shape index (κ1) is 18.8. The number of hydrazone groups is 1. The molecule has 0 aliphatic heterocycles. The minimum absolute atomic E-state index is 0.0306. The van der Waals surface area contributed by atoms with Crippen LogP contribution in [0.15, 0.2) is 44.4 Å². The number of hydrogen-bond donors (Lipinski definition) is 3. The molecule has 2 aromatic rings. The van der Waals surface area contributed by atoms with Crippen molar-refractivity contribution in [2.75, 3.05) is 11.9 Å². The number of carbonyl (C=O) groups excluding carboxylic acids is 1. The average Bonchev–Trinajstić information content (AvgIpc) is 2.49. The number of hydrogen-bond acceptors (Lipinski definition) is 4. The van der Waals surface area contributed by atoms with Crippen LogP contribution in [0.3, 0.4) is 0 Å². The number of amides is 1. The fourth-order valence-electron chi connectivity index (χ4n) is 1.88. The molecule has 2 aromatic carbocycles. The number of phenols is 1. The average molecular weight is 476 g/mol. The van der Waals surface area contributed by atoms with E-state index in [-0.39, 0.29) is 18.2 Å². The molecule has 3 N–H and O–H groups in total. The van der Waals surface area contributed by atoms with Gasteiger partial charge in [0.05, 0.1) is 18.4 Å². The van der Waals surface area contributed by atoms with Crippen LogP contribution < -0.4 is 10.7 Å². The van der Waals surface area contributed by atoms with Crippen molar-refractivity contribution in [3.8, 4) is 5.75 Å². The van der Waals surface area contributed by atoms with Crippen LogP contribution in [0.4, 0.5) is 5.69 Å². The number of aromatic hydroxyl groups is 1. The number of halogens is 3. The van der Waals surface area contributed by atoms with Crippen LogP contribution >= 0.6 is 43.5 Å². The molecule has 0 aliphatic rings. The van der Waals surface area contributed by atoms with Gasteiger partial charge in [-0.25, -0.2) is 5.43 Å². The smallest absolute Gasteiger partial charge is 0.259 e. The number of aryl methyl sites for hydroxylation is 1.